The monoisotopic (exact) mass is 387 g/mol. The van der Waals surface area contributed by atoms with Gasteiger partial charge in [-0.25, -0.2) is 0 Å². The molecule has 9 heteroatoms. The van der Waals surface area contributed by atoms with Crippen molar-refractivity contribution in [1.29, 1.82) is 0 Å². The first kappa shape index (κ1) is 20.7. The number of nitrogens with zero attached hydrogens (tertiary/aromatic N) is 1. The highest BCUT2D eigenvalue weighted by Gasteiger charge is 2.10. The van der Waals surface area contributed by atoms with Gasteiger partial charge < -0.3 is 20.1 Å². The number of carbonyl (C=O) groups is 2. The Morgan fingerprint density at radius 2 is 1.68 bits per heavy atom. The van der Waals surface area contributed by atoms with E-state index >= 15 is 0 Å². The number of methoxy groups -OCH3 is 2. The molecule has 148 valence electrons. The van der Waals surface area contributed by atoms with E-state index in [0.717, 1.165) is 5.56 Å². The molecular weight excluding hydrogens is 366 g/mol. The van der Waals surface area contributed by atoms with Gasteiger partial charge in [0.25, 0.3) is 11.6 Å². The fourth-order valence-corrected chi connectivity index (χ4v) is 2.41. The smallest absolute Gasteiger partial charge is 0.269 e. The van der Waals surface area contributed by atoms with E-state index in [4.69, 9.17) is 9.47 Å². The third kappa shape index (κ3) is 5.70. The van der Waals surface area contributed by atoms with E-state index in [0.29, 0.717) is 18.0 Å². The molecule has 0 atom stereocenters. The number of hydrogen-bond donors (Lipinski definition) is 2. The van der Waals surface area contributed by atoms with E-state index in [9.17, 15) is 19.7 Å². The number of benzene rings is 2. The highest BCUT2D eigenvalue weighted by Crippen LogP contribution is 2.27. The van der Waals surface area contributed by atoms with Crippen molar-refractivity contribution in [3.63, 3.8) is 0 Å². The van der Waals surface area contributed by atoms with Crippen LogP contribution in [0.25, 0.3) is 0 Å². The van der Waals surface area contributed by atoms with E-state index in [-0.39, 0.29) is 30.1 Å². The molecule has 2 aromatic carbocycles. The van der Waals surface area contributed by atoms with E-state index in [1.165, 1.54) is 31.4 Å². The first-order valence-corrected chi connectivity index (χ1v) is 8.45. The molecule has 2 N–H and O–H groups in total. The Balaban J connectivity index is 1.76. The van der Waals surface area contributed by atoms with Gasteiger partial charge in [-0.2, -0.15) is 0 Å². The number of amides is 2. The average Bonchev–Trinajstić information content (AvgIpc) is 2.71. The van der Waals surface area contributed by atoms with Crippen molar-refractivity contribution in [1.82, 2.24) is 10.6 Å². The molecule has 0 aliphatic carbocycles. The average molecular weight is 387 g/mol. The number of carbonyl (C=O) groups excluding carboxylic acids is 2. The van der Waals surface area contributed by atoms with Crippen molar-refractivity contribution in [2.24, 2.45) is 0 Å². The summed E-state index contributed by atoms with van der Waals surface area (Å²) in [4.78, 5) is 34.0. The van der Waals surface area contributed by atoms with Gasteiger partial charge in [-0.15, -0.1) is 0 Å². The van der Waals surface area contributed by atoms with Crippen molar-refractivity contribution in [2.75, 3.05) is 20.8 Å². The summed E-state index contributed by atoms with van der Waals surface area (Å²) in [6.45, 7) is 0.461. The molecule has 2 aromatic rings. The number of nitrogens with one attached hydrogen (secondary N) is 2. The van der Waals surface area contributed by atoms with Gasteiger partial charge in [-0.1, -0.05) is 6.07 Å². The van der Waals surface area contributed by atoms with Crippen LogP contribution in [0.4, 0.5) is 5.69 Å². The predicted molar refractivity (Wildman–Crippen MR) is 101 cm³/mol. The van der Waals surface area contributed by atoms with Crippen LogP contribution in [0.5, 0.6) is 11.5 Å². The maximum absolute atomic E-state index is 12.0. The Morgan fingerprint density at radius 1 is 1.00 bits per heavy atom. The van der Waals surface area contributed by atoms with E-state index in [2.05, 4.69) is 10.6 Å². The second-order valence-electron chi connectivity index (χ2n) is 5.78. The normalized spacial score (nSPS) is 10.1. The van der Waals surface area contributed by atoms with Crippen molar-refractivity contribution in [3.8, 4) is 11.5 Å². The van der Waals surface area contributed by atoms with Gasteiger partial charge in [-0.3, -0.25) is 19.7 Å². The Hall–Kier alpha value is -3.62. The van der Waals surface area contributed by atoms with Crippen LogP contribution in [0.2, 0.25) is 0 Å². The van der Waals surface area contributed by atoms with Crippen LogP contribution in [0, 0.1) is 10.1 Å². The highest BCUT2D eigenvalue weighted by molar-refractivity contribution is 5.94. The van der Waals surface area contributed by atoms with Crippen LogP contribution in [-0.4, -0.2) is 37.5 Å². The lowest BCUT2D eigenvalue weighted by molar-refractivity contribution is -0.384. The summed E-state index contributed by atoms with van der Waals surface area (Å²) in [6, 6.07) is 10.6. The zero-order valence-electron chi connectivity index (χ0n) is 15.6. The van der Waals surface area contributed by atoms with Gasteiger partial charge in [0.05, 0.1) is 19.1 Å². The lowest BCUT2D eigenvalue weighted by atomic mass is 10.2. The molecule has 9 nitrogen and oxygen atoms in total. The Kier molecular flexibility index (Phi) is 7.32. The minimum atomic E-state index is -0.537. The summed E-state index contributed by atoms with van der Waals surface area (Å²) in [7, 11) is 3.08. The van der Waals surface area contributed by atoms with Crippen molar-refractivity contribution >= 4 is 17.5 Å². The van der Waals surface area contributed by atoms with Crippen molar-refractivity contribution < 1.29 is 24.0 Å². The molecule has 0 aromatic heterocycles. The number of rotatable bonds is 9. The van der Waals surface area contributed by atoms with Crippen LogP contribution < -0.4 is 20.1 Å². The quantitative estimate of drug-likeness (QED) is 0.502. The predicted octanol–water partition coefficient (Wildman–Crippen LogP) is 2.05. The molecular formula is C19H21N3O6. The maximum atomic E-state index is 12.0. The molecule has 0 radical (unpaired) electrons. The first-order chi connectivity index (χ1) is 13.4. The summed E-state index contributed by atoms with van der Waals surface area (Å²) in [6.07, 6.45) is 0.103. The second-order valence-corrected chi connectivity index (χ2v) is 5.78. The fourth-order valence-electron chi connectivity index (χ4n) is 2.41. The highest BCUT2D eigenvalue weighted by atomic mass is 16.6. The summed E-state index contributed by atoms with van der Waals surface area (Å²) in [5, 5.41) is 16.0. The molecule has 2 amide bonds. The van der Waals surface area contributed by atoms with E-state index in [1.807, 2.05) is 6.07 Å². The summed E-state index contributed by atoms with van der Waals surface area (Å²) >= 11 is 0. The number of nitro groups is 1. The van der Waals surface area contributed by atoms with Gasteiger partial charge in [0.15, 0.2) is 11.5 Å². The lowest BCUT2D eigenvalue weighted by Gasteiger charge is -2.10. The largest absolute Gasteiger partial charge is 0.493 e. The fraction of sp³-hybridized carbons (Fsp3) is 0.263. The molecule has 0 fully saturated rings. The van der Waals surface area contributed by atoms with Gasteiger partial charge >= 0.3 is 0 Å². The molecule has 0 unspecified atom stereocenters. The number of non-ortho nitro benzene ring substituents is 1. The number of nitro benzene ring substituents is 1. The Morgan fingerprint density at radius 3 is 2.29 bits per heavy atom. The van der Waals surface area contributed by atoms with E-state index in [1.54, 1.807) is 19.2 Å². The molecule has 0 heterocycles. The second kappa shape index (κ2) is 9.91. The SMILES string of the molecule is COc1ccc(CNC(=O)CCNC(=O)c2ccc([N+](=O)[O-])cc2)cc1OC. The molecule has 2 rings (SSSR count). The molecule has 0 spiro atoms. The Bertz CT molecular complexity index is 851. The van der Waals surface area contributed by atoms with Crippen LogP contribution in [0.1, 0.15) is 22.3 Å². The molecule has 0 aliphatic rings. The van der Waals surface area contributed by atoms with E-state index < -0.39 is 10.8 Å². The van der Waals surface area contributed by atoms with Crippen molar-refractivity contribution in [2.45, 2.75) is 13.0 Å². The number of hydrogen-bond acceptors (Lipinski definition) is 6. The number of ether oxygens (including phenoxy) is 2. The van der Waals surface area contributed by atoms with Crippen LogP contribution in [0.15, 0.2) is 42.5 Å². The van der Waals surface area contributed by atoms with Crippen LogP contribution in [-0.2, 0) is 11.3 Å². The van der Waals surface area contributed by atoms with Gasteiger partial charge in [-0.05, 0) is 29.8 Å². The summed E-state index contributed by atoms with van der Waals surface area (Å²) in [5.41, 5.74) is 1.04. The summed E-state index contributed by atoms with van der Waals surface area (Å²) < 4.78 is 10.4. The first-order valence-electron chi connectivity index (χ1n) is 8.45. The zero-order valence-corrected chi connectivity index (χ0v) is 15.6. The minimum absolute atomic E-state index is 0.0916. The van der Waals surface area contributed by atoms with Gasteiger partial charge in [0.1, 0.15) is 0 Å². The topological polar surface area (TPSA) is 120 Å². The minimum Gasteiger partial charge on any atom is -0.493 e. The molecule has 0 aliphatic heterocycles. The third-order valence-electron chi connectivity index (χ3n) is 3.92. The Labute approximate surface area is 161 Å². The third-order valence-corrected chi connectivity index (χ3v) is 3.92. The standard InChI is InChI=1S/C19H21N3O6/c1-27-16-8-3-13(11-17(16)28-2)12-21-18(23)9-10-20-19(24)14-4-6-15(7-5-14)22(25)26/h3-8,11H,9-10,12H2,1-2H3,(H,20,24)(H,21,23). The maximum Gasteiger partial charge on any atom is 0.269 e. The van der Waals surface area contributed by atoms with Crippen LogP contribution in [0.3, 0.4) is 0 Å². The van der Waals surface area contributed by atoms with Crippen LogP contribution >= 0.6 is 0 Å². The molecule has 0 saturated carbocycles. The van der Waals surface area contributed by atoms with Crippen molar-refractivity contribution in [3.05, 3.63) is 63.7 Å². The molecule has 0 saturated heterocycles. The molecule has 0 bridgehead atoms. The van der Waals surface area contributed by atoms with Gasteiger partial charge in [0, 0.05) is 37.2 Å². The summed E-state index contributed by atoms with van der Waals surface area (Å²) in [5.74, 6) is 0.553. The molecule has 28 heavy (non-hydrogen) atoms. The van der Waals surface area contributed by atoms with Gasteiger partial charge in [0.2, 0.25) is 5.91 Å². The zero-order chi connectivity index (χ0) is 20.5. The lowest BCUT2D eigenvalue weighted by Crippen LogP contribution is -2.30.